The Balaban J connectivity index is 4.15. The molecule has 74 valence electrons. The van der Waals surface area contributed by atoms with Gasteiger partial charge in [0.2, 0.25) is 5.91 Å². The molecule has 0 fully saturated rings. The van der Waals surface area contributed by atoms with Gasteiger partial charge in [0.25, 0.3) is 0 Å². The predicted octanol–water partition coefficient (Wildman–Crippen LogP) is 1.75. The molecule has 0 aromatic carbocycles. The molecule has 1 N–H and O–H groups in total. The fraction of sp³-hybridized carbons (Fsp3) is 0.600. The van der Waals surface area contributed by atoms with E-state index in [-0.39, 0.29) is 11.8 Å². The van der Waals surface area contributed by atoms with Crippen LogP contribution >= 0.6 is 0 Å². The van der Waals surface area contributed by atoms with Gasteiger partial charge in [0.1, 0.15) is 0 Å². The minimum atomic E-state index is 0.00461. The van der Waals surface area contributed by atoms with E-state index in [0.717, 1.165) is 12.2 Å². The highest BCUT2D eigenvalue weighted by atomic mass is 16.1. The molecule has 0 unspecified atom stereocenters. The molecule has 0 aliphatic rings. The maximum atomic E-state index is 11.3. The van der Waals surface area contributed by atoms with Gasteiger partial charge in [-0.25, -0.2) is 0 Å². The quantitative estimate of drug-likeness (QED) is 0.661. The van der Waals surface area contributed by atoms with Crippen LogP contribution in [0.25, 0.3) is 0 Å². The molecule has 13 heavy (non-hydrogen) atoms. The Kier molecular flexibility index (Phi) is 5.85. The molecule has 0 saturated heterocycles. The van der Waals surface area contributed by atoms with Gasteiger partial charge in [-0.3, -0.25) is 9.79 Å². The van der Waals surface area contributed by atoms with E-state index in [1.165, 1.54) is 0 Å². The second-order valence-corrected chi connectivity index (χ2v) is 3.02. The molecule has 0 aromatic heterocycles. The first-order valence-electron chi connectivity index (χ1n) is 4.58. The first-order valence-corrected chi connectivity index (χ1v) is 4.58. The minimum absolute atomic E-state index is 0.00461. The van der Waals surface area contributed by atoms with E-state index in [1.54, 1.807) is 6.21 Å². The molecule has 3 heteroatoms. The zero-order valence-corrected chi connectivity index (χ0v) is 8.79. The lowest BCUT2D eigenvalue weighted by Gasteiger charge is -2.06. The number of rotatable bonds is 4. The molecule has 0 rings (SSSR count). The van der Waals surface area contributed by atoms with Gasteiger partial charge in [-0.15, -0.1) is 0 Å². The summed E-state index contributed by atoms with van der Waals surface area (Å²) in [6, 6.07) is 0. The maximum Gasteiger partial charge on any atom is 0.226 e. The third-order valence-corrected chi connectivity index (χ3v) is 1.52. The molecule has 0 aliphatic heterocycles. The number of hydrogen-bond donors (Lipinski definition) is 1. The van der Waals surface area contributed by atoms with Crippen molar-refractivity contribution in [3.63, 3.8) is 0 Å². The van der Waals surface area contributed by atoms with Gasteiger partial charge in [-0.2, -0.15) is 0 Å². The Morgan fingerprint density at radius 3 is 2.54 bits per heavy atom. The van der Waals surface area contributed by atoms with E-state index < -0.39 is 0 Å². The second-order valence-electron chi connectivity index (χ2n) is 3.02. The highest BCUT2D eigenvalue weighted by Crippen LogP contribution is 1.94. The summed E-state index contributed by atoms with van der Waals surface area (Å²) >= 11 is 0. The van der Waals surface area contributed by atoms with Crippen LogP contribution in [0.1, 0.15) is 27.7 Å². The van der Waals surface area contributed by atoms with Crippen LogP contribution in [0.3, 0.4) is 0 Å². The van der Waals surface area contributed by atoms with Crippen LogP contribution in [0.15, 0.2) is 16.8 Å². The summed E-state index contributed by atoms with van der Waals surface area (Å²) in [6.45, 7) is 8.28. The molecule has 0 aliphatic carbocycles. The summed E-state index contributed by atoms with van der Waals surface area (Å²) in [5.74, 6) is 0.0284. The van der Waals surface area contributed by atoms with Gasteiger partial charge in [0.15, 0.2) is 0 Å². The number of nitrogens with one attached hydrogen (secondary N) is 1. The number of nitrogens with zero attached hydrogens (tertiary/aromatic N) is 1. The molecule has 0 aromatic rings. The third kappa shape index (κ3) is 5.17. The van der Waals surface area contributed by atoms with Gasteiger partial charge >= 0.3 is 0 Å². The molecule has 0 atom stereocenters. The fourth-order valence-corrected chi connectivity index (χ4v) is 0.655. The number of allylic oxidation sites excluding steroid dienone is 2. The van der Waals surface area contributed by atoms with Crippen molar-refractivity contribution in [3.05, 3.63) is 11.8 Å². The molecule has 0 bridgehead atoms. The lowest BCUT2D eigenvalue weighted by atomic mass is 10.2. The Bertz CT molecular complexity index is 217. The van der Waals surface area contributed by atoms with E-state index >= 15 is 0 Å². The average Bonchev–Trinajstić information content (AvgIpc) is 2.11. The van der Waals surface area contributed by atoms with E-state index in [1.807, 2.05) is 33.8 Å². The normalized spacial score (nSPS) is 12.5. The van der Waals surface area contributed by atoms with Crippen molar-refractivity contribution in [1.82, 2.24) is 5.32 Å². The van der Waals surface area contributed by atoms with Crippen molar-refractivity contribution in [2.24, 2.45) is 10.9 Å². The first-order chi connectivity index (χ1) is 6.11. The Hall–Kier alpha value is -1.12. The van der Waals surface area contributed by atoms with Gasteiger partial charge in [0.05, 0.1) is 5.70 Å². The van der Waals surface area contributed by atoms with Gasteiger partial charge in [-0.1, -0.05) is 19.9 Å². The van der Waals surface area contributed by atoms with Crippen LogP contribution in [-0.4, -0.2) is 18.7 Å². The van der Waals surface area contributed by atoms with Crippen LogP contribution < -0.4 is 5.32 Å². The Morgan fingerprint density at radius 2 is 2.15 bits per heavy atom. The topological polar surface area (TPSA) is 41.5 Å². The van der Waals surface area contributed by atoms with Gasteiger partial charge in [-0.05, 0) is 13.8 Å². The summed E-state index contributed by atoms with van der Waals surface area (Å²) in [7, 11) is 0. The fourth-order valence-electron chi connectivity index (χ4n) is 0.655. The summed E-state index contributed by atoms with van der Waals surface area (Å²) in [6.07, 6.45) is 3.51. The monoisotopic (exact) mass is 182 g/mol. The van der Waals surface area contributed by atoms with Crippen molar-refractivity contribution in [1.29, 1.82) is 0 Å². The van der Waals surface area contributed by atoms with Crippen molar-refractivity contribution in [2.45, 2.75) is 27.7 Å². The number of carbonyl (C=O) groups excluding carboxylic acids is 1. The summed E-state index contributed by atoms with van der Waals surface area (Å²) in [4.78, 5) is 15.3. The maximum absolute atomic E-state index is 11.3. The third-order valence-electron chi connectivity index (χ3n) is 1.52. The van der Waals surface area contributed by atoms with E-state index in [2.05, 4.69) is 10.3 Å². The Morgan fingerprint density at radius 1 is 1.54 bits per heavy atom. The highest BCUT2D eigenvalue weighted by molar-refractivity contribution is 5.88. The molecule has 3 nitrogen and oxygen atoms in total. The molecular formula is C10H18N2O. The lowest BCUT2D eigenvalue weighted by Crippen LogP contribution is -2.27. The average molecular weight is 182 g/mol. The Labute approximate surface area is 79.9 Å². The van der Waals surface area contributed by atoms with Crippen molar-refractivity contribution in [2.75, 3.05) is 6.54 Å². The van der Waals surface area contributed by atoms with Crippen LogP contribution in [0.2, 0.25) is 0 Å². The largest absolute Gasteiger partial charge is 0.325 e. The zero-order chi connectivity index (χ0) is 10.3. The summed E-state index contributed by atoms with van der Waals surface area (Å²) in [5.41, 5.74) is 0.764. The number of amides is 1. The minimum Gasteiger partial charge on any atom is -0.325 e. The number of carbonyl (C=O) groups is 1. The number of hydrogen-bond acceptors (Lipinski definition) is 2. The van der Waals surface area contributed by atoms with Gasteiger partial charge < -0.3 is 5.32 Å². The standard InChI is InChI=1S/C10H18N2O/c1-5-9(7-11-6-2)12-10(13)8(3)4/h5,7-8H,6H2,1-4H3,(H,12,13)/b9-5+,11-7?. The van der Waals surface area contributed by atoms with E-state index in [9.17, 15) is 4.79 Å². The van der Waals surface area contributed by atoms with Crippen molar-refractivity contribution in [3.8, 4) is 0 Å². The van der Waals surface area contributed by atoms with Crippen molar-refractivity contribution < 1.29 is 4.79 Å². The number of aliphatic imine (C=N–C) groups is 1. The lowest BCUT2D eigenvalue weighted by molar-refractivity contribution is -0.123. The molecular weight excluding hydrogens is 164 g/mol. The smallest absolute Gasteiger partial charge is 0.226 e. The molecule has 0 spiro atoms. The van der Waals surface area contributed by atoms with Crippen molar-refractivity contribution >= 4 is 12.1 Å². The highest BCUT2D eigenvalue weighted by Gasteiger charge is 2.06. The second kappa shape index (κ2) is 6.40. The van der Waals surface area contributed by atoms with Crippen LogP contribution in [0, 0.1) is 5.92 Å². The van der Waals surface area contributed by atoms with Gasteiger partial charge in [0, 0.05) is 18.7 Å². The summed E-state index contributed by atoms with van der Waals surface area (Å²) < 4.78 is 0. The molecule has 0 heterocycles. The van der Waals surface area contributed by atoms with Crippen LogP contribution in [0.5, 0.6) is 0 Å². The molecule has 1 amide bonds. The van der Waals surface area contributed by atoms with E-state index in [0.29, 0.717) is 0 Å². The zero-order valence-electron chi connectivity index (χ0n) is 8.79. The SMILES string of the molecule is C/C=C(\C=NCC)NC(=O)C(C)C. The predicted molar refractivity (Wildman–Crippen MR) is 55.8 cm³/mol. The molecule has 0 saturated carbocycles. The summed E-state index contributed by atoms with van der Waals surface area (Å²) in [5, 5.41) is 2.77. The van der Waals surface area contributed by atoms with Crippen LogP contribution in [-0.2, 0) is 4.79 Å². The molecule has 0 radical (unpaired) electrons. The van der Waals surface area contributed by atoms with E-state index in [4.69, 9.17) is 0 Å². The van der Waals surface area contributed by atoms with Crippen LogP contribution in [0.4, 0.5) is 0 Å². The first kappa shape index (κ1) is 11.9.